The smallest absolute Gasteiger partial charge is 0.229 e. The molecule has 0 N–H and O–H groups in total. The normalized spacial score (nSPS) is 32.4. The molecule has 1 aliphatic heterocycles. The van der Waals surface area contributed by atoms with E-state index >= 15 is 0 Å². The number of carbonyl (C=O) groups is 2. The molecule has 22 heavy (non-hydrogen) atoms. The number of benzene rings is 1. The van der Waals surface area contributed by atoms with Crippen LogP contribution in [-0.4, -0.2) is 18.2 Å². The Balaban J connectivity index is 1.95. The van der Waals surface area contributed by atoms with Crippen LogP contribution in [0.4, 0.5) is 0 Å². The average molecular weight is 298 g/mol. The lowest BCUT2D eigenvalue weighted by Crippen LogP contribution is -2.38. The first-order valence-corrected chi connectivity index (χ1v) is 8.28. The number of hydrogen-bond donors (Lipinski definition) is 0. The van der Waals surface area contributed by atoms with Crippen molar-refractivity contribution < 1.29 is 14.3 Å². The van der Waals surface area contributed by atoms with Gasteiger partial charge in [-0.15, -0.1) is 0 Å². The number of rotatable bonds is 0. The first-order valence-electron chi connectivity index (χ1n) is 8.28. The highest BCUT2D eigenvalue weighted by atomic mass is 16.5. The molecule has 0 spiro atoms. The van der Waals surface area contributed by atoms with Crippen molar-refractivity contribution in [3.8, 4) is 0 Å². The van der Waals surface area contributed by atoms with E-state index in [0.717, 1.165) is 30.4 Å². The van der Waals surface area contributed by atoms with Crippen LogP contribution in [0.3, 0.4) is 0 Å². The lowest BCUT2D eigenvalue weighted by Gasteiger charge is -2.36. The van der Waals surface area contributed by atoms with Gasteiger partial charge in [-0.05, 0) is 47.3 Å². The second-order valence-electron chi connectivity index (χ2n) is 7.74. The van der Waals surface area contributed by atoms with Gasteiger partial charge in [0.25, 0.3) is 0 Å². The van der Waals surface area contributed by atoms with E-state index in [1.807, 2.05) is 13.0 Å². The molecule has 0 aromatic heterocycles. The van der Waals surface area contributed by atoms with Crippen LogP contribution >= 0.6 is 0 Å². The van der Waals surface area contributed by atoms with Gasteiger partial charge in [0.15, 0.2) is 0 Å². The molecule has 0 radical (unpaired) electrons. The quantitative estimate of drug-likeness (QED) is 0.690. The highest BCUT2D eigenvalue weighted by Gasteiger charge is 2.49. The number of Topliss-reactive ketones (excluding diaryl/α,β-unsaturated/α-hetero) is 2. The predicted octanol–water partition coefficient (Wildman–Crippen LogP) is 3.39. The molecule has 1 saturated heterocycles. The minimum absolute atomic E-state index is 0.0760. The Labute approximate surface area is 131 Å². The summed E-state index contributed by atoms with van der Waals surface area (Å²) in [5.41, 5.74) is 4.05. The monoisotopic (exact) mass is 298 g/mol. The first kappa shape index (κ1) is 14.1. The predicted molar refractivity (Wildman–Crippen MR) is 83.1 cm³/mol. The minimum Gasteiger partial charge on any atom is -0.372 e. The molecule has 3 aliphatic rings. The maximum atomic E-state index is 12.8. The largest absolute Gasteiger partial charge is 0.372 e. The van der Waals surface area contributed by atoms with E-state index in [4.69, 9.17) is 4.74 Å². The van der Waals surface area contributed by atoms with Gasteiger partial charge in [-0.2, -0.15) is 0 Å². The Bertz CT molecular complexity index is 686. The van der Waals surface area contributed by atoms with E-state index < -0.39 is 0 Å². The van der Waals surface area contributed by atoms with Crippen molar-refractivity contribution >= 4 is 11.6 Å². The molecular formula is C19H22O3. The third-order valence-electron chi connectivity index (χ3n) is 5.84. The van der Waals surface area contributed by atoms with Gasteiger partial charge >= 0.3 is 0 Å². The Morgan fingerprint density at radius 1 is 1.23 bits per heavy atom. The van der Waals surface area contributed by atoms with Crippen molar-refractivity contribution in [2.45, 2.75) is 51.6 Å². The van der Waals surface area contributed by atoms with Crippen LogP contribution in [0.15, 0.2) is 12.1 Å². The SMILES string of the molecule is C[C@@H]1COC2c3ccc4c(c3C(=O)C(=O)[C@@H]21)CCCC4(C)C. The third-order valence-corrected chi connectivity index (χ3v) is 5.84. The van der Waals surface area contributed by atoms with E-state index in [2.05, 4.69) is 19.9 Å². The molecule has 4 rings (SSSR count). The van der Waals surface area contributed by atoms with Gasteiger partial charge in [-0.3, -0.25) is 9.59 Å². The molecule has 0 bridgehead atoms. The number of fused-ring (bicyclic) bond motifs is 5. The highest BCUT2D eigenvalue weighted by molar-refractivity contribution is 6.46. The molecule has 0 amide bonds. The van der Waals surface area contributed by atoms with E-state index in [1.54, 1.807) is 0 Å². The molecule has 2 aliphatic carbocycles. The molecule has 1 fully saturated rings. The Kier molecular flexibility index (Phi) is 2.90. The summed E-state index contributed by atoms with van der Waals surface area (Å²) in [6.45, 7) is 7.02. The topological polar surface area (TPSA) is 43.4 Å². The molecule has 1 unspecified atom stereocenters. The van der Waals surface area contributed by atoms with Crippen molar-refractivity contribution in [3.05, 3.63) is 34.4 Å². The second-order valence-corrected chi connectivity index (χ2v) is 7.74. The maximum Gasteiger partial charge on any atom is 0.229 e. The summed E-state index contributed by atoms with van der Waals surface area (Å²) < 4.78 is 5.88. The van der Waals surface area contributed by atoms with Crippen molar-refractivity contribution in [3.63, 3.8) is 0 Å². The lowest BCUT2D eigenvalue weighted by molar-refractivity contribution is -0.121. The van der Waals surface area contributed by atoms with Crippen LogP contribution in [0.25, 0.3) is 0 Å². The van der Waals surface area contributed by atoms with E-state index in [9.17, 15) is 9.59 Å². The maximum absolute atomic E-state index is 12.8. The fourth-order valence-corrected chi connectivity index (χ4v) is 4.62. The molecule has 3 nitrogen and oxygen atoms in total. The number of hydrogen-bond acceptors (Lipinski definition) is 3. The molecule has 116 valence electrons. The van der Waals surface area contributed by atoms with Crippen LogP contribution in [0, 0.1) is 11.8 Å². The van der Waals surface area contributed by atoms with Crippen molar-refractivity contribution in [1.82, 2.24) is 0 Å². The highest BCUT2D eigenvalue weighted by Crippen LogP contribution is 2.48. The van der Waals surface area contributed by atoms with Crippen LogP contribution in [-0.2, 0) is 21.4 Å². The summed E-state index contributed by atoms with van der Waals surface area (Å²) >= 11 is 0. The number of ether oxygens (including phenoxy) is 1. The van der Waals surface area contributed by atoms with E-state index in [0.29, 0.717) is 12.2 Å². The van der Waals surface area contributed by atoms with E-state index in [1.165, 1.54) is 5.56 Å². The summed E-state index contributed by atoms with van der Waals surface area (Å²) in [4.78, 5) is 25.4. The fraction of sp³-hybridized carbons (Fsp3) is 0.579. The Morgan fingerprint density at radius 3 is 2.77 bits per heavy atom. The number of carbonyl (C=O) groups excluding carboxylic acids is 2. The van der Waals surface area contributed by atoms with Gasteiger partial charge in [0, 0.05) is 5.56 Å². The van der Waals surface area contributed by atoms with Gasteiger partial charge in [-0.25, -0.2) is 0 Å². The second kappa shape index (κ2) is 4.51. The standard InChI is InChI=1S/C19H22O3/c1-10-9-22-18-12-6-7-13-11(5-4-8-19(13,2)3)15(12)17(21)16(20)14(10)18/h6-7,10,14,18H,4-5,8-9H2,1-3H3/t10-,14+,18?/m1/s1. The molecule has 1 aromatic rings. The number of ketones is 2. The summed E-state index contributed by atoms with van der Waals surface area (Å²) in [7, 11) is 0. The molecule has 3 heteroatoms. The van der Waals surface area contributed by atoms with Crippen molar-refractivity contribution in [2.24, 2.45) is 11.8 Å². The van der Waals surface area contributed by atoms with Gasteiger partial charge in [0.1, 0.15) is 0 Å². The minimum atomic E-state index is -0.283. The molecular weight excluding hydrogens is 276 g/mol. The summed E-state index contributed by atoms with van der Waals surface area (Å²) in [6, 6.07) is 4.21. The average Bonchev–Trinajstić information content (AvgIpc) is 2.86. The van der Waals surface area contributed by atoms with Crippen molar-refractivity contribution in [1.29, 1.82) is 0 Å². The van der Waals surface area contributed by atoms with E-state index in [-0.39, 0.29) is 34.9 Å². The third kappa shape index (κ3) is 1.72. The van der Waals surface area contributed by atoms with Crippen LogP contribution in [0.1, 0.15) is 66.8 Å². The van der Waals surface area contributed by atoms with Gasteiger partial charge in [-0.1, -0.05) is 32.9 Å². The fourth-order valence-electron chi connectivity index (χ4n) is 4.62. The molecule has 0 saturated carbocycles. The van der Waals surface area contributed by atoms with Crippen molar-refractivity contribution in [2.75, 3.05) is 6.61 Å². The molecule has 3 atom stereocenters. The molecule has 1 aromatic carbocycles. The van der Waals surface area contributed by atoms with Gasteiger partial charge < -0.3 is 4.74 Å². The van der Waals surface area contributed by atoms with Gasteiger partial charge in [0.05, 0.1) is 18.6 Å². The molecule has 1 heterocycles. The lowest BCUT2D eigenvalue weighted by atomic mass is 9.67. The summed E-state index contributed by atoms with van der Waals surface area (Å²) in [5.74, 6) is -0.667. The first-order chi connectivity index (χ1) is 10.4. The Morgan fingerprint density at radius 2 is 2.00 bits per heavy atom. The van der Waals surface area contributed by atoms with Crippen LogP contribution in [0.5, 0.6) is 0 Å². The van der Waals surface area contributed by atoms with Gasteiger partial charge in [0.2, 0.25) is 11.6 Å². The zero-order chi connectivity index (χ0) is 15.6. The van der Waals surface area contributed by atoms with Crippen LogP contribution in [0.2, 0.25) is 0 Å². The van der Waals surface area contributed by atoms with Crippen LogP contribution < -0.4 is 0 Å². The zero-order valence-corrected chi connectivity index (χ0v) is 13.4. The zero-order valence-electron chi connectivity index (χ0n) is 13.4. The summed E-state index contributed by atoms with van der Waals surface area (Å²) in [5, 5.41) is 0. The Hall–Kier alpha value is -1.48. The summed E-state index contributed by atoms with van der Waals surface area (Å²) in [6.07, 6.45) is 2.88.